The molecule has 2 aromatic carbocycles. The van der Waals surface area contributed by atoms with Gasteiger partial charge < -0.3 is 0 Å². The van der Waals surface area contributed by atoms with Crippen LogP contribution in [-0.2, 0) is 0 Å². The molecule has 17 heavy (non-hydrogen) atoms. The average molecular weight is 227 g/mol. The van der Waals surface area contributed by atoms with Gasteiger partial charge in [0.25, 0.3) is 0 Å². The zero-order valence-corrected chi connectivity index (χ0v) is 11.1. The molecular formula is C16H21N. The van der Waals surface area contributed by atoms with Gasteiger partial charge in [-0.15, -0.1) is 0 Å². The van der Waals surface area contributed by atoms with E-state index in [9.17, 15) is 0 Å². The molecule has 0 N–H and O–H groups in total. The monoisotopic (exact) mass is 227 g/mol. The Labute approximate surface area is 104 Å². The zero-order valence-electron chi connectivity index (χ0n) is 11.1. The Morgan fingerprint density at radius 2 is 1.53 bits per heavy atom. The van der Waals surface area contributed by atoms with Crippen LogP contribution in [0.2, 0.25) is 0 Å². The molecule has 0 saturated heterocycles. The van der Waals surface area contributed by atoms with Gasteiger partial charge in [0.2, 0.25) is 0 Å². The van der Waals surface area contributed by atoms with E-state index >= 15 is 0 Å². The molecule has 1 heteroatoms. The smallest absolute Gasteiger partial charge is 0.0319 e. The summed E-state index contributed by atoms with van der Waals surface area (Å²) in [5, 5.41) is 2.64. The quantitative estimate of drug-likeness (QED) is 0.758. The minimum atomic E-state index is 0.458. The zero-order chi connectivity index (χ0) is 12.4. The summed E-state index contributed by atoms with van der Waals surface area (Å²) in [4.78, 5) is 2.39. The average Bonchev–Trinajstić information content (AvgIpc) is 2.36. The van der Waals surface area contributed by atoms with E-state index in [1.54, 1.807) is 0 Å². The van der Waals surface area contributed by atoms with Gasteiger partial charge in [-0.25, -0.2) is 0 Å². The van der Waals surface area contributed by atoms with E-state index in [2.05, 4.69) is 75.2 Å². The number of hydrogen-bond donors (Lipinski definition) is 0. The van der Waals surface area contributed by atoms with E-state index in [-0.39, 0.29) is 0 Å². The lowest BCUT2D eigenvalue weighted by Crippen LogP contribution is -2.29. The van der Waals surface area contributed by atoms with Crippen molar-refractivity contribution in [2.45, 2.75) is 32.9 Å². The summed E-state index contributed by atoms with van der Waals surface area (Å²) in [6, 6.07) is 16.3. The number of rotatable bonds is 3. The summed E-state index contributed by atoms with van der Waals surface area (Å²) >= 11 is 0. The SMILES string of the molecule is CC(C)N(C)[C@H](C)c1ccc2ccccc2c1. The first-order chi connectivity index (χ1) is 8.09. The first-order valence-electron chi connectivity index (χ1n) is 6.30. The van der Waals surface area contributed by atoms with Gasteiger partial charge in [0.05, 0.1) is 0 Å². The molecule has 0 bridgehead atoms. The molecule has 0 heterocycles. The lowest BCUT2D eigenvalue weighted by molar-refractivity contribution is 0.210. The topological polar surface area (TPSA) is 3.24 Å². The molecule has 0 spiro atoms. The van der Waals surface area contributed by atoms with Crippen LogP contribution < -0.4 is 0 Å². The fourth-order valence-corrected chi connectivity index (χ4v) is 2.15. The highest BCUT2D eigenvalue weighted by molar-refractivity contribution is 5.83. The first kappa shape index (κ1) is 12.1. The molecule has 2 rings (SSSR count). The van der Waals surface area contributed by atoms with Gasteiger partial charge in [0.1, 0.15) is 0 Å². The van der Waals surface area contributed by atoms with Crippen molar-refractivity contribution in [1.29, 1.82) is 0 Å². The van der Waals surface area contributed by atoms with Gasteiger partial charge in [0.15, 0.2) is 0 Å². The molecule has 0 aromatic heterocycles. The Kier molecular flexibility index (Phi) is 3.49. The maximum atomic E-state index is 2.39. The molecule has 2 aromatic rings. The van der Waals surface area contributed by atoms with Crippen LogP contribution in [0.3, 0.4) is 0 Å². The van der Waals surface area contributed by atoms with Crippen LogP contribution in [0.15, 0.2) is 42.5 Å². The highest BCUT2D eigenvalue weighted by atomic mass is 15.1. The molecule has 0 fully saturated rings. The molecule has 0 aliphatic heterocycles. The third-order valence-corrected chi connectivity index (χ3v) is 3.68. The Morgan fingerprint density at radius 3 is 2.18 bits per heavy atom. The summed E-state index contributed by atoms with van der Waals surface area (Å²) < 4.78 is 0. The minimum Gasteiger partial charge on any atom is -0.297 e. The van der Waals surface area contributed by atoms with Gasteiger partial charge in [-0.2, -0.15) is 0 Å². The van der Waals surface area contributed by atoms with Gasteiger partial charge >= 0.3 is 0 Å². The second-order valence-electron chi connectivity index (χ2n) is 5.04. The molecular weight excluding hydrogens is 206 g/mol. The molecule has 0 unspecified atom stereocenters. The number of fused-ring (bicyclic) bond motifs is 1. The Balaban J connectivity index is 2.36. The summed E-state index contributed by atoms with van der Waals surface area (Å²) in [5.41, 5.74) is 1.39. The van der Waals surface area contributed by atoms with E-state index in [0.717, 1.165) is 0 Å². The van der Waals surface area contributed by atoms with Gasteiger partial charge in [-0.05, 0) is 50.2 Å². The maximum absolute atomic E-state index is 2.39. The molecule has 0 amide bonds. The number of nitrogens with zero attached hydrogens (tertiary/aromatic N) is 1. The van der Waals surface area contributed by atoms with Crippen LogP contribution in [0.1, 0.15) is 32.4 Å². The van der Waals surface area contributed by atoms with Gasteiger partial charge in [-0.3, -0.25) is 4.90 Å². The third kappa shape index (κ3) is 2.50. The molecule has 0 saturated carbocycles. The molecule has 1 atom stereocenters. The van der Waals surface area contributed by atoms with Crippen LogP contribution in [0, 0.1) is 0 Å². The normalized spacial score (nSPS) is 13.5. The fraction of sp³-hybridized carbons (Fsp3) is 0.375. The second kappa shape index (κ2) is 4.89. The van der Waals surface area contributed by atoms with Crippen molar-refractivity contribution in [2.75, 3.05) is 7.05 Å². The predicted molar refractivity (Wildman–Crippen MR) is 75.3 cm³/mol. The molecule has 0 radical (unpaired) electrons. The van der Waals surface area contributed by atoms with Crippen LogP contribution in [0.4, 0.5) is 0 Å². The van der Waals surface area contributed by atoms with Gasteiger partial charge in [-0.1, -0.05) is 36.4 Å². The summed E-state index contributed by atoms with van der Waals surface area (Å²) in [6.07, 6.45) is 0. The van der Waals surface area contributed by atoms with Crippen LogP contribution in [0.25, 0.3) is 10.8 Å². The minimum absolute atomic E-state index is 0.458. The van der Waals surface area contributed by atoms with Crippen molar-refractivity contribution in [1.82, 2.24) is 4.90 Å². The standard InChI is InChI=1S/C16H21N/c1-12(2)17(4)13(3)15-10-9-14-7-5-6-8-16(14)11-15/h5-13H,1-4H3/t13-/m1/s1. The van der Waals surface area contributed by atoms with Crippen molar-refractivity contribution in [3.8, 4) is 0 Å². The summed E-state index contributed by atoms with van der Waals surface area (Å²) in [5.74, 6) is 0. The Bertz CT molecular complexity index is 502. The van der Waals surface area contributed by atoms with Crippen molar-refractivity contribution in [2.24, 2.45) is 0 Å². The largest absolute Gasteiger partial charge is 0.297 e. The number of hydrogen-bond acceptors (Lipinski definition) is 1. The highest BCUT2D eigenvalue weighted by Gasteiger charge is 2.14. The first-order valence-corrected chi connectivity index (χ1v) is 6.30. The van der Waals surface area contributed by atoms with Crippen molar-refractivity contribution in [3.05, 3.63) is 48.0 Å². The Hall–Kier alpha value is -1.34. The third-order valence-electron chi connectivity index (χ3n) is 3.68. The van der Waals surface area contributed by atoms with Crippen molar-refractivity contribution < 1.29 is 0 Å². The van der Waals surface area contributed by atoms with E-state index in [1.165, 1.54) is 16.3 Å². The second-order valence-corrected chi connectivity index (χ2v) is 5.04. The predicted octanol–water partition coefficient (Wildman–Crippen LogP) is 4.24. The molecule has 1 nitrogen and oxygen atoms in total. The van der Waals surface area contributed by atoms with Crippen LogP contribution in [0.5, 0.6) is 0 Å². The van der Waals surface area contributed by atoms with E-state index < -0.39 is 0 Å². The van der Waals surface area contributed by atoms with E-state index in [1.807, 2.05) is 0 Å². The van der Waals surface area contributed by atoms with E-state index in [0.29, 0.717) is 12.1 Å². The Morgan fingerprint density at radius 1 is 0.882 bits per heavy atom. The molecule has 0 aliphatic carbocycles. The molecule has 90 valence electrons. The fourth-order valence-electron chi connectivity index (χ4n) is 2.15. The summed E-state index contributed by atoms with van der Waals surface area (Å²) in [7, 11) is 2.19. The van der Waals surface area contributed by atoms with Crippen molar-refractivity contribution >= 4 is 10.8 Å². The van der Waals surface area contributed by atoms with Gasteiger partial charge in [0, 0.05) is 12.1 Å². The lowest BCUT2D eigenvalue weighted by Gasteiger charge is -2.29. The van der Waals surface area contributed by atoms with Crippen molar-refractivity contribution in [3.63, 3.8) is 0 Å². The van der Waals surface area contributed by atoms with Crippen LogP contribution in [-0.4, -0.2) is 18.0 Å². The maximum Gasteiger partial charge on any atom is 0.0319 e. The number of benzene rings is 2. The van der Waals surface area contributed by atoms with E-state index in [4.69, 9.17) is 0 Å². The van der Waals surface area contributed by atoms with Crippen LogP contribution >= 0.6 is 0 Å². The lowest BCUT2D eigenvalue weighted by atomic mass is 10.0. The summed E-state index contributed by atoms with van der Waals surface area (Å²) in [6.45, 7) is 6.74. The molecule has 0 aliphatic rings. The highest BCUT2D eigenvalue weighted by Crippen LogP contribution is 2.24.